The Labute approximate surface area is 86.1 Å². The van der Waals surface area contributed by atoms with E-state index in [2.05, 4.69) is 4.98 Å². The third-order valence-corrected chi connectivity index (χ3v) is 2.59. The van der Waals surface area contributed by atoms with Crippen LogP contribution in [0.4, 0.5) is 0 Å². The van der Waals surface area contributed by atoms with E-state index >= 15 is 0 Å². The molecule has 0 aromatic carbocycles. The molecule has 1 aliphatic rings. The van der Waals surface area contributed by atoms with Crippen molar-refractivity contribution in [3.05, 3.63) is 18.2 Å². The molecule has 2 heterocycles. The van der Waals surface area contributed by atoms with Crippen molar-refractivity contribution in [2.24, 2.45) is 0 Å². The number of aromatic carboxylic acids is 1. The quantitative estimate of drug-likeness (QED) is 0.743. The van der Waals surface area contributed by atoms with Gasteiger partial charge in [0, 0.05) is 26.0 Å². The van der Waals surface area contributed by atoms with Crippen LogP contribution in [0.3, 0.4) is 0 Å². The molecule has 6 heteroatoms. The molecule has 0 spiro atoms. The lowest BCUT2D eigenvalue weighted by molar-refractivity contribution is -0.129. The fourth-order valence-electron chi connectivity index (χ4n) is 1.79. The Morgan fingerprint density at radius 1 is 1.67 bits per heavy atom. The van der Waals surface area contributed by atoms with Gasteiger partial charge in [0.05, 0.1) is 0 Å². The van der Waals surface area contributed by atoms with Gasteiger partial charge in [0.15, 0.2) is 0 Å². The lowest BCUT2D eigenvalue weighted by Crippen LogP contribution is -2.26. The van der Waals surface area contributed by atoms with Crippen molar-refractivity contribution in [1.29, 1.82) is 0 Å². The van der Waals surface area contributed by atoms with Crippen molar-refractivity contribution < 1.29 is 14.7 Å². The highest BCUT2D eigenvalue weighted by molar-refractivity contribution is 5.86. The van der Waals surface area contributed by atoms with E-state index in [-0.39, 0.29) is 11.7 Å². The van der Waals surface area contributed by atoms with E-state index in [1.807, 2.05) is 0 Å². The number of amides is 1. The molecule has 1 N–H and O–H groups in total. The predicted molar refractivity (Wildman–Crippen MR) is 50.5 cm³/mol. The maximum atomic E-state index is 11.7. The first-order valence-electron chi connectivity index (χ1n) is 4.62. The summed E-state index contributed by atoms with van der Waals surface area (Å²) in [6, 6.07) is -0.413. The van der Waals surface area contributed by atoms with E-state index in [9.17, 15) is 9.59 Å². The molecule has 1 aromatic heterocycles. The average molecular weight is 209 g/mol. The molecule has 1 amide bonds. The Kier molecular flexibility index (Phi) is 2.18. The molecular formula is C9H11N3O3. The number of likely N-dealkylation sites (tertiary alicyclic amines) is 1. The number of nitrogens with zero attached hydrogens (tertiary/aromatic N) is 3. The summed E-state index contributed by atoms with van der Waals surface area (Å²) in [4.78, 5) is 27.8. The Morgan fingerprint density at radius 3 is 2.93 bits per heavy atom. The number of imidazole rings is 1. The fourth-order valence-corrected chi connectivity index (χ4v) is 1.79. The van der Waals surface area contributed by atoms with E-state index in [0.29, 0.717) is 13.0 Å². The Bertz CT molecular complexity index is 412. The van der Waals surface area contributed by atoms with E-state index in [0.717, 1.165) is 0 Å². The normalized spacial score (nSPS) is 21.0. The molecule has 1 saturated heterocycles. The smallest absolute Gasteiger partial charge is 0.372 e. The largest absolute Gasteiger partial charge is 0.475 e. The molecule has 80 valence electrons. The molecule has 1 atom stereocenters. The van der Waals surface area contributed by atoms with Gasteiger partial charge in [-0.3, -0.25) is 4.79 Å². The highest BCUT2D eigenvalue weighted by Gasteiger charge is 2.32. The van der Waals surface area contributed by atoms with Crippen molar-refractivity contribution >= 4 is 11.9 Å². The molecule has 1 aliphatic heterocycles. The number of hydrogen-bond acceptors (Lipinski definition) is 3. The number of likely N-dealkylation sites (N-methyl/N-ethyl adjacent to an activating group) is 1. The van der Waals surface area contributed by atoms with Crippen LogP contribution in [0.5, 0.6) is 0 Å². The van der Waals surface area contributed by atoms with E-state index in [4.69, 9.17) is 5.11 Å². The van der Waals surface area contributed by atoms with Gasteiger partial charge in [0.25, 0.3) is 0 Å². The number of carboxylic acid groups (broad SMARTS) is 1. The van der Waals surface area contributed by atoms with Crippen LogP contribution >= 0.6 is 0 Å². The van der Waals surface area contributed by atoms with Crippen molar-refractivity contribution in [1.82, 2.24) is 14.5 Å². The van der Waals surface area contributed by atoms with Gasteiger partial charge in [-0.15, -0.1) is 0 Å². The summed E-state index contributed by atoms with van der Waals surface area (Å²) in [6.07, 6.45) is 3.56. The van der Waals surface area contributed by atoms with Gasteiger partial charge >= 0.3 is 5.97 Å². The number of hydrogen-bond donors (Lipinski definition) is 1. The fraction of sp³-hybridized carbons (Fsp3) is 0.444. The summed E-state index contributed by atoms with van der Waals surface area (Å²) < 4.78 is 1.42. The van der Waals surface area contributed by atoms with E-state index in [1.165, 1.54) is 17.0 Å². The minimum atomic E-state index is -1.11. The summed E-state index contributed by atoms with van der Waals surface area (Å²) in [5.41, 5.74) is 0. The van der Waals surface area contributed by atoms with Crippen LogP contribution in [0.15, 0.2) is 12.4 Å². The second kappa shape index (κ2) is 3.38. The molecule has 0 aliphatic carbocycles. The number of rotatable bonds is 2. The predicted octanol–water partition coefficient (Wildman–Crippen LogP) is -0.0155. The van der Waals surface area contributed by atoms with Crippen molar-refractivity contribution in [3.8, 4) is 0 Å². The summed E-state index contributed by atoms with van der Waals surface area (Å²) in [5, 5.41) is 8.86. The SMILES string of the molecule is CN1CCC(n2ccnc2C(=O)O)C1=O. The third kappa shape index (κ3) is 1.47. The monoisotopic (exact) mass is 209 g/mol. The van der Waals surface area contributed by atoms with Gasteiger partial charge < -0.3 is 14.6 Å². The van der Waals surface area contributed by atoms with Crippen molar-refractivity contribution in [2.75, 3.05) is 13.6 Å². The second-order valence-corrected chi connectivity index (χ2v) is 3.53. The molecule has 1 unspecified atom stereocenters. The molecule has 1 fully saturated rings. The lowest BCUT2D eigenvalue weighted by atomic mass is 10.2. The molecule has 0 bridgehead atoms. The topological polar surface area (TPSA) is 75.4 Å². The number of carboxylic acids is 1. The van der Waals surface area contributed by atoms with Gasteiger partial charge in [-0.1, -0.05) is 0 Å². The zero-order chi connectivity index (χ0) is 11.0. The first kappa shape index (κ1) is 9.70. The molecule has 15 heavy (non-hydrogen) atoms. The first-order chi connectivity index (χ1) is 7.11. The summed E-state index contributed by atoms with van der Waals surface area (Å²) >= 11 is 0. The molecule has 1 aromatic rings. The van der Waals surface area contributed by atoms with Gasteiger partial charge in [-0.2, -0.15) is 0 Å². The highest BCUT2D eigenvalue weighted by Crippen LogP contribution is 2.22. The maximum Gasteiger partial charge on any atom is 0.372 e. The Balaban J connectivity index is 2.34. The summed E-state index contributed by atoms with van der Waals surface area (Å²) in [5.74, 6) is -1.25. The number of carbonyl (C=O) groups excluding carboxylic acids is 1. The molecule has 6 nitrogen and oxygen atoms in total. The average Bonchev–Trinajstić information content (AvgIpc) is 2.75. The number of carbonyl (C=O) groups is 2. The van der Waals surface area contributed by atoms with Crippen LogP contribution in [-0.4, -0.2) is 45.0 Å². The third-order valence-electron chi connectivity index (χ3n) is 2.59. The zero-order valence-electron chi connectivity index (χ0n) is 8.25. The van der Waals surface area contributed by atoms with Crippen LogP contribution in [0.1, 0.15) is 23.1 Å². The Hall–Kier alpha value is -1.85. The van der Waals surface area contributed by atoms with Gasteiger partial charge in [0.1, 0.15) is 6.04 Å². The summed E-state index contributed by atoms with van der Waals surface area (Å²) in [7, 11) is 1.71. The first-order valence-corrected chi connectivity index (χ1v) is 4.62. The van der Waals surface area contributed by atoms with Gasteiger partial charge in [-0.05, 0) is 6.42 Å². The van der Waals surface area contributed by atoms with Crippen molar-refractivity contribution in [2.45, 2.75) is 12.5 Å². The standard InChI is InChI=1S/C9H11N3O3/c1-11-4-2-6(8(11)13)12-5-3-10-7(12)9(14)15/h3,5-6H,2,4H2,1H3,(H,14,15). The van der Waals surface area contributed by atoms with E-state index in [1.54, 1.807) is 11.9 Å². The summed E-state index contributed by atoms with van der Waals surface area (Å²) in [6.45, 7) is 0.654. The van der Waals surface area contributed by atoms with Gasteiger partial charge in [-0.25, -0.2) is 9.78 Å². The maximum absolute atomic E-state index is 11.7. The van der Waals surface area contributed by atoms with E-state index < -0.39 is 12.0 Å². The molecule has 0 saturated carbocycles. The van der Waals surface area contributed by atoms with Crippen molar-refractivity contribution in [3.63, 3.8) is 0 Å². The minimum absolute atomic E-state index is 0.0597. The zero-order valence-corrected chi connectivity index (χ0v) is 8.25. The molecular weight excluding hydrogens is 198 g/mol. The Morgan fingerprint density at radius 2 is 2.40 bits per heavy atom. The molecule has 0 radical (unpaired) electrons. The second-order valence-electron chi connectivity index (χ2n) is 3.53. The lowest BCUT2D eigenvalue weighted by Gasteiger charge is -2.12. The van der Waals surface area contributed by atoms with Crippen LogP contribution in [0, 0.1) is 0 Å². The minimum Gasteiger partial charge on any atom is -0.475 e. The number of aromatic nitrogens is 2. The van der Waals surface area contributed by atoms with Gasteiger partial charge in [0.2, 0.25) is 11.7 Å². The highest BCUT2D eigenvalue weighted by atomic mass is 16.4. The van der Waals surface area contributed by atoms with Crippen LogP contribution in [-0.2, 0) is 4.79 Å². The molecule has 2 rings (SSSR count). The van der Waals surface area contributed by atoms with Crippen LogP contribution in [0.25, 0.3) is 0 Å². The van der Waals surface area contributed by atoms with Crippen LogP contribution < -0.4 is 0 Å². The van der Waals surface area contributed by atoms with Crippen LogP contribution in [0.2, 0.25) is 0 Å².